The van der Waals surface area contributed by atoms with E-state index in [-0.39, 0.29) is 12.5 Å². The molecule has 0 fully saturated rings. The van der Waals surface area contributed by atoms with Crippen LogP contribution >= 0.6 is 79.5 Å². The van der Waals surface area contributed by atoms with Crippen LogP contribution in [0.15, 0.2) is 12.1 Å². The standard InChI is InChI=1S/C12H14I3NO2S/c1-12(18,6-19-2)5-16-11(17)8-3-7(13)4-9(14)10(8)15/h3-4,18H,5-6H2,1-2H3,(H,16,17). The second-order valence-electron chi connectivity index (χ2n) is 4.36. The Balaban J connectivity index is 2.80. The molecule has 1 aromatic rings. The first-order valence-electron chi connectivity index (χ1n) is 5.41. The topological polar surface area (TPSA) is 49.3 Å². The third-order valence-corrected chi connectivity index (χ3v) is 6.90. The largest absolute Gasteiger partial charge is 0.387 e. The van der Waals surface area contributed by atoms with Crippen LogP contribution in [0, 0.1) is 10.7 Å². The quantitative estimate of drug-likeness (QED) is 0.394. The minimum Gasteiger partial charge on any atom is -0.387 e. The van der Waals surface area contributed by atoms with Gasteiger partial charge in [0.2, 0.25) is 0 Å². The van der Waals surface area contributed by atoms with Gasteiger partial charge in [0.05, 0.1) is 11.2 Å². The van der Waals surface area contributed by atoms with Crippen LogP contribution in [0.3, 0.4) is 0 Å². The molecule has 0 heterocycles. The lowest BCUT2D eigenvalue weighted by Crippen LogP contribution is -2.42. The van der Waals surface area contributed by atoms with Gasteiger partial charge in [-0.25, -0.2) is 0 Å². The lowest BCUT2D eigenvalue weighted by atomic mass is 10.1. The average molecular weight is 617 g/mol. The first-order valence-corrected chi connectivity index (χ1v) is 10.0. The average Bonchev–Trinajstić information content (AvgIpc) is 2.31. The fourth-order valence-corrected chi connectivity index (χ4v) is 4.57. The van der Waals surface area contributed by atoms with Crippen LogP contribution in [-0.2, 0) is 0 Å². The molecule has 3 nitrogen and oxygen atoms in total. The van der Waals surface area contributed by atoms with E-state index < -0.39 is 5.60 Å². The highest BCUT2D eigenvalue weighted by Gasteiger charge is 2.22. The molecule has 2 N–H and O–H groups in total. The molecule has 0 aromatic heterocycles. The molecule has 1 unspecified atom stereocenters. The van der Waals surface area contributed by atoms with Crippen molar-refractivity contribution in [2.24, 2.45) is 0 Å². The van der Waals surface area contributed by atoms with Gasteiger partial charge >= 0.3 is 0 Å². The van der Waals surface area contributed by atoms with Crippen molar-refractivity contribution in [1.29, 1.82) is 0 Å². The third-order valence-electron chi connectivity index (χ3n) is 2.32. The Bertz CT molecular complexity index is 480. The number of benzene rings is 1. The van der Waals surface area contributed by atoms with Gasteiger partial charge in [0.1, 0.15) is 0 Å². The summed E-state index contributed by atoms with van der Waals surface area (Å²) < 4.78 is 3.04. The maximum absolute atomic E-state index is 12.2. The number of rotatable bonds is 5. The fraction of sp³-hybridized carbons (Fsp3) is 0.417. The Morgan fingerprint density at radius 1 is 1.42 bits per heavy atom. The van der Waals surface area contributed by atoms with Gasteiger partial charge in [0.25, 0.3) is 5.91 Å². The lowest BCUT2D eigenvalue weighted by molar-refractivity contribution is 0.0724. The molecule has 0 bridgehead atoms. The van der Waals surface area contributed by atoms with Gasteiger partial charge in [-0.2, -0.15) is 11.8 Å². The second kappa shape index (κ2) is 7.99. The van der Waals surface area contributed by atoms with Crippen molar-refractivity contribution in [2.45, 2.75) is 12.5 Å². The predicted octanol–water partition coefficient (Wildman–Crippen LogP) is 3.34. The van der Waals surface area contributed by atoms with Crippen LogP contribution in [0.2, 0.25) is 0 Å². The monoisotopic (exact) mass is 617 g/mol. The van der Waals surface area contributed by atoms with E-state index in [4.69, 9.17) is 0 Å². The Morgan fingerprint density at radius 2 is 2.05 bits per heavy atom. The summed E-state index contributed by atoms with van der Waals surface area (Å²) in [7, 11) is 0. The first kappa shape index (κ1) is 18.2. The highest BCUT2D eigenvalue weighted by atomic mass is 127. The second-order valence-corrected chi connectivity index (χ2v) is 8.71. The molecular formula is C12H14I3NO2S. The summed E-state index contributed by atoms with van der Waals surface area (Å²) in [4.78, 5) is 12.2. The summed E-state index contributed by atoms with van der Waals surface area (Å²) >= 11 is 8.15. The Kier molecular flexibility index (Phi) is 7.67. The van der Waals surface area contributed by atoms with Crippen LogP contribution < -0.4 is 5.32 Å². The summed E-state index contributed by atoms with van der Waals surface area (Å²) in [5.74, 6) is 0.455. The zero-order valence-electron chi connectivity index (χ0n) is 10.5. The minimum atomic E-state index is -0.879. The number of nitrogens with one attached hydrogen (secondary N) is 1. The van der Waals surface area contributed by atoms with Crippen LogP contribution in [0.25, 0.3) is 0 Å². The van der Waals surface area contributed by atoms with E-state index >= 15 is 0 Å². The highest BCUT2D eigenvalue weighted by Crippen LogP contribution is 2.23. The molecule has 0 saturated carbocycles. The van der Waals surface area contributed by atoms with E-state index in [9.17, 15) is 9.90 Å². The molecule has 0 aliphatic heterocycles. The van der Waals surface area contributed by atoms with Crippen molar-refractivity contribution < 1.29 is 9.90 Å². The molecule has 0 aliphatic rings. The molecular weight excluding hydrogens is 603 g/mol. The number of thioether (sulfide) groups is 1. The Hall–Kier alpha value is 1.19. The summed E-state index contributed by atoms with van der Waals surface area (Å²) in [6, 6.07) is 3.90. The van der Waals surface area contributed by atoms with Crippen LogP contribution in [-0.4, -0.2) is 35.2 Å². The summed E-state index contributed by atoms with van der Waals surface area (Å²) in [5.41, 5.74) is -0.216. The van der Waals surface area contributed by atoms with Gasteiger partial charge in [-0.3, -0.25) is 4.79 Å². The minimum absolute atomic E-state index is 0.137. The third kappa shape index (κ3) is 5.83. The Labute approximate surface area is 158 Å². The zero-order valence-corrected chi connectivity index (χ0v) is 17.8. The summed E-state index contributed by atoms with van der Waals surface area (Å²) in [5, 5.41) is 12.9. The SMILES string of the molecule is CSCC(C)(O)CNC(=O)c1cc(I)cc(I)c1I. The number of hydrogen-bond acceptors (Lipinski definition) is 3. The van der Waals surface area contributed by atoms with Crippen molar-refractivity contribution >= 4 is 85.4 Å². The number of halogens is 3. The van der Waals surface area contributed by atoms with E-state index in [1.165, 1.54) is 0 Å². The van der Waals surface area contributed by atoms with Gasteiger partial charge in [-0.1, -0.05) is 0 Å². The molecule has 106 valence electrons. The normalized spacial score (nSPS) is 14.0. The smallest absolute Gasteiger partial charge is 0.252 e. The maximum atomic E-state index is 12.2. The molecule has 19 heavy (non-hydrogen) atoms. The molecule has 7 heteroatoms. The van der Waals surface area contributed by atoms with Crippen molar-refractivity contribution in [1.82, 2.24) is 5.32 Å². The summed E-state index contributed by atoms with van der Waals surface area (Å²) in [6.45, 7) is 1.98. The van der Waals surface area contributed by atoms with Crippen LogP contribution in [0.5, 0.6) is 0 Å². The number of amides is 1. The number of hydrogen-bond donors (Lipinski definition) is 2. The van der Waals surface area contributed by atoms with Crippen molar-refractivity contribution in [3.63, 3.8) is 0 Å². The van der Waals surface area contributed by atoms with Crippen molar-refractivity contribution in [2.75, 3.05) is 18.6 Å². The first-order chi connectivity index (χ1) is 8.76. The van der Waals surface area contributed by atoms with E-state index in [1.54, 1.807) is 18.7 Å². The summed E-state index contributed by atoms with van der Waals surface area (Å²) in [6.07, 6.45) is 1.93. The van der Waals surface area contributed by atoms with Gasteiger partial charge in [-0.05, 0) is 93.1 Å². The van der Waals surface area contributed by atoms with Gasteiger partial charge in [0, 0.05) is 23.0 Å². The number of carbonyl (C=O) groups excluding carboxylic acids is 1. The zero-order chi connectivity index (χ0) is 14.6. The van der Waals surface area contributed by atoms with Crippen LogP contribution in [0.1, 0.15) is 17.3 Å². The van der Waals surface area contributed by atoms with Gasteiger partial charge in [0.15, 0.2) is 0 Å². The van der Waals surface area contributed by atoms with E-state index in [0.717, 1.165) is 10.7 Å². The molecule has 0 radical (unpaired) electrons. The molecule has 1 atom stereocenters. The molecule has 1 aromatic carbocycles. The molecule has 1 amide bonds. The van der Waals surface area contributed by atoms with E-state index in [0.29, 0.717) is 11.3 Å². The maximum Gasteiger partial charge on any atom is 0.252 e. The fourth-order valence-electron chi connectivity index (χ4n) is 1.45. The highest BCUT2D eigenvalue weighted by molar-refractivity contribution is 14.1. The lowest BCUT2D eigenvalue weighted by Gasteiger charge is -2.22. The van der Waals surface area contributed by atoms with Crippen LogP contribution in [0.4, 0.5) is 0 Å². The van der Waals surface area contributed by atoms with Gasteiger partial charge in [-0.15, -0.1) is 0 Å². The Morgan fingerprint density at radius 3 is 2.63 bits per heavy atom. The molecule has 0 saturated heterocycles. The van der Waals surface area contributed by atoms with Gasteiger partial charge < -0.3 is 10.4 Å². The van der Waals surface area contributed by atoms with E-state index in [1.807, 2.05) is 18.4 Å². The van der Waals surface area contributed by atoms with Crippen molar-refractivity contribution in [3.05, 3.63) is 28.4 Å². The molecule has 0 aliphatic carbocycles. The van der Waals surface area contributed by atoms with Crippen molar-refractivity contribution in [3.8, 4) is 0 Å². The molecule has 0 spiro atoms. The predicted molar refractivity (Wildman–Crippen MR) is 106 cm³/mol. The number of carbonyl (C=O) groups is 1. The van der Waals surface area contributed by atoms with E-state index in [2.05, 4.69) is 73.1 Å². The molecule has 1 rings (SSSR count). The number of aliphatic hydroxyl groups is 1.